The van der Waals surface area contributed by atoms with Gasteiger partial charge in [0.25, 0.3) is 6.43 Å². The van der Waals surface area contributed by atoms with Crippen LogP contribution in [0.1, 0.15) is 5.56 Å². The summed E-state index contributed by atoms with van der Waals surface area (Å²) in [5, 5.41) is 1.14. The van der Waals surface area contributed by atoms with Crippen LogP contribution in [0.5, 0.6) is 0 Å². The molecule has 1 aliphatic heterocycles. The van der Waals surface area contributed by atoms with Crippen LogP contribution in [0, 0.1) is 0 Å². The normalized spacial score (nSPS) is 18.6. The van der Waals surface area contributed by atoms with Gasteiger partial charge >= 0.3 is 0 Å². The molecule has 1 heterocycles. The lowest BCUT2D eigenvalue weighted by Gasteiger charge is -2.23. The van der Waals surface area contributed by atoms with Gasteiger partial charge in [-0.15, -0.1) is 11.8 Å². The number of thioether (sulfide) groups is 1. The first-order valence-electron chi connectivity index (χ1n) is 6.00. The molecule has 5 heteroatoms. The van der Waals surface area contributed by atoms with Gasteiger partial charge in [0.15, 0.2) is 0 Å². The molecule has 0 radical (unpaired) electrons. The Bertz CT molecular complexity index is 364. The molecular weight excluding hydrogens is 320 g/mol. The third-order valence-corrected chi connectivity index (χ3v) is 4.63. The van der Waals surface area contributed by atoms with Crippen LogP contribution in [-0.4, -0.2) is 41.5 Å². The third kappa shape index (κ3) is 3.93. The second kappa shape index (κ2) is 6.87. The highest BCUT2D eigenvalue weighted by atomic mass is 79.9. The van der Waals surface area contributed by atoms with Crippen LogP contribution in [0.25, 0.3) is 0 Å². The van der Waals surface area contributed by atoms with Crippen molar-refractivity contribution in [2.24, 2.45) is 0 Å². The Labute approximate surface area is 119 Å². The van der Waals surface area contributed by atoms with Gasteiger partial charge in [-0.2, -0.15) is 0 Å². The zero-order valence-corrected chi connectivity index (χ0v) is 12.4. The number of fused-ring (bicyclic) bond motifs is 1. The van der Waals surface area contributed by atoms with Crippen LogP contribution in [0.15, 0.2) is 29.2 Å². The summed E-state index contributed by atoms with van der Waals surface area (Å²) in [5.41, 5.74) is 1.35. The molecule has 1 nitrogen and oxygen atoms in total. The molecule has 2 rings (SSSR count). The number of hydrogen-bond acceptors (Lipinski definition) is 2. The Morgan fingerprint density at radius 2 is 2.17 bits per heavy atom. The Morgan fingerprint density at radius 1 is 1.39 bits per heavy atom. The first-order chi connectivity index (χ1) is 8.69. The summed E-state index contributed by atoms with van der Waals surface area (Å²) in [4.78, 5) is 3.15. The fourth-order valence-corrected chi connectivity index (χ4v) is 4.08. The highest BCUT2D eigenvalue weighted by Gasteiger charge is 2.24. The average Bonchev–Trinajstić information content (AvgIpc) is 2.70. The van der Waals surface area contributed by atoms with Gasteiger partial charge in [-0.3, -0.25) is 4.90 Å². The molecule has 0 fully saturated rings. The predicted octanol–water partition coefficient (Wildman–Crippen LogP) is 3.67. The maximum Gasteiger partial charge on any atom is 0.251 e. The number of rotatable bonds is 6. The van der Waals surface area contributed by atoms with E-state index in [1.54, 1.807) is 0 Å². The van der Waals surface area contributed by atoms with Crippen molar-refractivity contribution in [3.8, 4) is 0 Å². The van der Waals surface area contributed by atoms with Crippen molar-refractivity contribution in [2.45, 2.75) is 23.0 Å². The Kier molecular flexibility index (Phi) is 5.45. The zero-order valence-electron chi connectivity index (χ0n) is 9.99. The molecule has 0 spiro atoms. The molecule has 0 bridgehead atoms. The van der Waals surface area contributed by atoms with Crippen molar-refractivity contribution in [3.63, 3.8) is 0 Å². The van der Waals surface area contributed by atoms with Crippen LogP contribution in [0.3, 0.4) is 0 Å². The second-order valence-electron chi connectivity index (χ2n) is 4.39. The standard InChI is InChI=1S/C13H16BrF2NS/c14-5-6-17(9-13(15)16)8-11-7-10-3-1-2-4-12(10)18-11/h1-4,11,13H,5-9H2. The van der Waals surface area contributed by atoms with Gasteiger partial charge in [-0.1, -0.05) is 34.1 Å². The molecule has 0 aromatic heterocycles. The van der Waals surface area contributed by atoms with E-state index in [9.17, 15) is 8.78 Å². The molecule has 18 heavy (non-hydrogen) atoms. The molecule has 1 unspecified atom stereocenters. The molecule has 1 atom stereocenters. The van der Waals surface area contributed by atoms with Crippen molar-refractivity contribution in [1.29, 1.82) is 0 Å². The van der Waals surface area contributed by atoms with Gasteiger partial charge in [0.05, 0.1) is 6.54 Å². The van der Waals surface area contributed by atoms with E-state index in [1.165, 1.54) is 10.5 Å². The fourth-order valence-electron chi connectivity index (χ4n) is 2.22. The largest absolute Gasteiger partial charge is 0.296 e. The molecule has 0 amide bonds. The zero-order chi connectivity index (χ0) is 13.0. The van der Waals surface area contributed by atoms with E-state index in [4.69, 9.17) is 0 Å². The van der Waals surface area contributed by atoms with Crippen molar-refractivity contribution in [1.82, 2.24) is 4.90 Å². The maximum atomic E-state index is 12.5. The van der Waals surface area contributed by atoms with Gasteiger partial charge in [0, 0.05) is 28.6 Å². The minimum absolute atomic E-state index is 0.126. The molecule has 1 aromatic rings. The van der Waals surface area contributed by atoms with Crippen LogP contribution in [0.4, 0.5) is 8.78 Å². The fraction of sp³-hybridized carbons (Fsp3) is 0.538. The minimum atomic E-state index is -2.25. The molecule has 0 saturated carbocycles. The van der Waals surface area contributed by atoms with E-state index >= 15 is 0 Å². The minimum Gasteiger partial charge on any atom is -0.296 e. The topological polar surface area (TPSA) is 3.24 Å². The van der Waals surface area contributed by atoms with Crippen molar-refractivity contribution < 1.29 is 8.78 Å². The lowest BCUT2D eigenvalue weighted by molar-refractivity contribution is 0.0917. The first-order valence-corrected chi connectivity index (χ1v) is 8.00. The van der Waals surface area contributed by atoms with Crippen LogP contribution >= 0.6 is 27.7 Å². The number of benzene rings is 1. The molecular formula is C13H16BrF2NS. The van der Waals surface area contributed by atoms with Crippen molar-refractivity contribution in [2.75, 3.05) is 25.0 Å². The molecule has 0 N–H and O–H groups in total. The van der Waals surface area contributed by atoms with Gasteiger partial charge in [0.1, 0.15) is 0 Å². The van der Waals surface area contributed by atoms with Crippen LogP contribution in [-0.2, 0) is 6.42 Å². The van der Waals surface area contributed by atoms with E-state index in [2.05, 4.69) is 28.1 Å². The third-order valence-electron chi connectivity index (χ3n) is 2.97. The molecule has 0 saturated heterocycles. The Balaban J connectivity index is 1.90. The first kappa shape index (κ1) is 14.3. The summed E-state index contributed by atoms with van der Waals surface area (Å²) in [5.74, 6) is 0. The molecule has 1 aromatic carbocycles. The number of halogens is 3. The summed E-state index contributed by atoms with van der Waals surface area (Å²) in [6.07, 6.45) is -1.26. The van der Waals surface area contributed by atoms with Crippen molar-refractivity contribution >= 4 is 27.7 Å². The van der Waals surface area contributed by atoms with Crippen molar-refractivity contribution in [3.05, 3.63) is 29.8 Å². The van der Waals surface area contributed by atoms with Gasteiger partial charge < -0.3 is 0 Å². The van der Waals surface area contributed by atoms with E-state index < -0.39 is 6.43 Å². The number of hydrogen-bond donors (Lipinski definition) is 0. The monoisotopic (exact) mass is 335 g/mol. The second-order valence-corrected chi connectivity index (χ2v) is 6.53. The van der Waals surface area contributed by atoms with Gasteiger partial charge in [0.2, 0.25) is 0 Å². The Hall–Kier alpha value is -0.130. The highest BCUT2D eigenvalue weighted by Crippen LogP contribution is 2.37. The summed E-state index contributed by atoms with van der Waals surface area (Å²) >= 11 is 5.14. The number of nitrogens with zero attached hydrogens (tertiary/aromatic N) is 1. The smallest absolute Gasteiger partial charge is 0.251 e. The predicted molar refractivity (Wildman–Crippen MR) is 76.0 cm³/mol. The quantitative estimate of drug-likeness (QED) is 0.730. The number of alkyl halides is 3. The summed E-state index contributed by atoms with van der Waals surface area (Å²) in [7, 11) is 0. The SMILES string of the molecule is FC(F)CN(CCBr)CC1Cc2ccccc2S1. The van der Waals surface area contributed by atoms with E-state index in [1.807, 2.05) is 28.8 Å². The maximum absolute atomic E-state index is 12.5. The summed E-state index contributed by atoms with van der Waals surface area (Å²) in [6.45, 7) is 1.28. The van der Waals surface area contributed by atoms with Gasteiger partial charge in [-0.25, -0.2) is 8.78 Å². The van der Waals surface area contributed by atoms with E-state index in [-0.39, 0.29) is 6.54 Å². The lowest BCUT2D eigenvalue weighted by atomic mass is 10.1. The average molecular weight is 336 g/mol. The molecule has 1 aliphatic rings. The Morgan fingerprint density at radius 3 is 2.83 bits per heavy atom. The molecule has 0 aliphatic carbocycles. The van der Waals surface area contributed by atoms with Crippen LogP contribution in [0.2, 0.25) is 0 Å². The molecule has 100 valence electrons. The summed E-state index contributed by atoms with van der Waals surface area (Å²) < 4.78 is 25.0. The lowest BCUT2D eigenvalue weighted by Crippen LogP contribution is -2.36. The van der Waals surface area contributed by atoms with E-state index in [0.29, 0.717) is 11.8 Å². The summed E-state index contributed by atoms with van der Waals surface area (Å²) in [6, 6.07) is 8.31. The van der Waals surface area contributed by atoms with Gasteiger partial charge in [-0.05, 0) is 18.1 Å². The van der Waals surface area contributed by atoms with Crippen LogP contribution < -0.4 is 0 Å². The highest BCUT2D eigenvalue weighted by molar-refractivity contribution is 9.09. The van der Waals surface area contributed by atoms with E-state index in [0.717, 1.165) is 18.3 Å².